The van der Waals surface area contributed by atoms with Gasteiger partial charge in [-0.2, -0.15) is 5.10 Å². The average molecular weight is 356 g/mol. The normalized spacial score (nSPS) is 18.5. The van der Waals surface area contributed by atoms with Crippen molar-refractivity contribution in [2.75, 3.05) is 13.2 Å². The van der Waals surface area contributed by atoms with Crippen molar-refractivity contribution in [2.24, 2.45) is 0 Å². The number of amides is 1. The molecule has 134 valence electrons. The molecule has 2 heterocycles. The smallest absolute Gasteiger partial charge is 0.410 e. The van der Waals surface area contributed by atoms with Crippen LogP contribution in [0.3, 0.4) is 0 Å². The highest BCUT2D eigenvalue weighted by Gasteiger charge is 2.30. The van der Waals surface area contributed by atoms with E-state index in [-0.39, 0.29) is 12.1 Å². The number of nitrogens with zero attached hydrogens (tertiary/aromatic N) is 3. The summed E-state index contributed by atoms with van der Waals surface area (Å²) >= 11 is 5.70. The molecule has 1 saturated heterocycles. The van der Waals surface area contributed by atoms with Gasteiger partial charge in [-0.3, -0.25) is 0 Å². The molecule has 2 rings (SSSR count). The van der Waals surface area contributed by atoms with Crippen LogP contribution in [0.2, 0.25) is 5.15 Å². The molecule has 1 aromatic rings. The fourth-order valence-electron chi connectivity index (χ4n) is 2.68. The molecule has 0 saturated carbocycles. The molecule has 1 aliphatic heterocycles. The lowest BCUT2D eigenvalue weighted by Crippen LogP contribution is -2.46. The van der Waals surface area contributed by atoms with E-state index in [0.717, 1.165) is 37.9 Å². The van der Waals surface area contributed by atoms with Crippen molar-refractivity contribution in [1.82, 2.24) is 15.1 Å². The lowest BCUT2D eigenvalue weighted by atomic mass is 10.0. The van der Waals surface area contributed by atoms with E-state index in [9.17, 15) is 4.79 Å². The monoisotopic (exact) mass is 355 g/mol. The first kappa shape index (κ1) is 18.9. The van der Waals surface area contributed by atoms with Crippen molar-refractivity contribution in [1.29, 1.82) is 0 Å². The second-order valence-electron chi connectivity index (χ2n) is 7.01. The van der Waals surface area contributed by atoms with Crippen molar-refractivity contribution in [2.45, 2.75) is 64.7 Å². The SMILES string of the molecule is CC(C)(C)OC(=O)N1CCCC[C@H]1CCOCc1ccc(Cl)nn1. The third-order valence-electron chi connectivity index (χ3n) is 3.79. The van der Waals surface area contributed by atoms with Gasteiger partial charge in [-0.05, 0) is 58.6 Å². The van der Waals surface area contributed by atoms with Gasteiger partial charge in [0.1, 0.15) is 5.60 Å². The number of halogens is 1. The number of carbonyl (C=O) groups excluding carboxylic acids is 1. The summed E-state index contributed by atoms with van der Waals surface area (Å²) in [5.41, 5.74) is 0.273. The van der Waals surface area contributed by atoms with E-state index in [4.69, 9.17) is 21.1 Å². The van der Waals surface area contributed by atoms with Gasteiger partial charge in [-0.1, -0.05) is 11.6 Å². The van der Waals surface area contributed by atoms with Gasteiger partial charge in [-0.25, -0.2) is 4.79 Å². The van der Waals surface area contributed by atoms with E-state index in [1.165, 1.54) is 0 Å². The van der Waals surface area contributed by atoms with Crippen LogP contribution in [-0.4, -0.2) is 46.0 Å². The summed E-state index contributed by atoms with van der Waals surface area (Å²) in [6, 6.07) is 3.66. The molecule has 1 amide bonds. The Kier molecular flexibility index (Phi) is 6.80. The van der Waals surface area contributed by atoms with Gasteiger partial charge in [0.05, 0.1) is 12.3 Å². The molecular weight excluding hydrogens is 330 g/mol. The number of hydrogen-bond acceptors (Lipinski definition) is 5. The zero-order chi connectivity index (χ0) is 17.6. The van der Waals surface area contributed by atoms with Gasteiger partial charge in [0.15, 0.2) is 5.15 Å². The molecule has 24 heavy (non-hydrogen) atoms. The predicted octanol–water partition coefficient (Wildman–Crippen LogP) is 3.83. The van der Waals surface area contributed by atoms with Crippen molar-refractivity contribution in [3.05, 3.63) is 23.0 Å². The molecule has 7 heteroatoms. The van der Waals surface area contributed by atoms with Crippen molar-refractivity contribution in [3.63, 3.8) is 0 Å². The minimum atomic E-state index is -0.469. The second kappa shape index (κ2) is 8.62. The molecule has 1 aromatic heterocycles. The molecule has 0 spiro atoms. The van der Waals surface area contributed by atoms with Crippen LogP contribution in [-0.2, 0) is 16.1 Å². The van der Waals surface area contributed by atoms with E-state index >= 15 is 0 Å². The van der Waals surface area contributed by atoms with Crippen LogP contribution in [0.25, 0.3) is 0 Å². The third-order valence-corrected chi connectivity index (χ3v) is 3.99. The Morgan fingerprint density at radius 3 is 2.79 bits per heavy atom. The summed E-state index contributed by atoms with van der Waals surface area (Å²) in [5, 5.41) is 8.11. The Morgan fingerprint density at radius 1 is 1.33 bits per heavy atom. The van der Waals surface area contributed by atoms with E-state index in [1.807, 2.05) is 25.7 Å². The zero-order valence-electron chi connectivity index (χ0n) is 14.6. The van der Waals surface area contributed by atoms with Crippen molar-refractivity contribution in [3.8, 4) is 0 Å². The first-order chi connectivity index (χ1) is 11.3. The highest BCUT2D eigenvalue weighted by Crippen LogP contribution is 2.22. The highest BCUT2D eigenvalue weighted by molar-refractivity contribution is 6.29. The Balaban J connectivity index is 1.78. The van der Waals surface area contributed by atoms with Gasteiger partial charge >= 0.3 is 6.09 Å². The summed E-state index contributed by atoms with van der Waals surface area (Å²) in [7, 11) is 0. The number of hydrogen-bond donors (Lipinski definition) is 0. The minimum absolute atomic E-state index is 0.171. The largest absolute Gasteiger partial charge is 0.444 e. The maximum atomic E-state index is 12.3. The van der Waals surface area contributed by atoms with Crippen LogP contribution < -0.4 is 0 Å². The Morgan fingerprint density at radius 2 is 2.12 bits per heavy atom. The molecule has 0 N–H and O–H groups in total. The lowest BCUT2D eigenvalue weighted by molar-refractivity contribution is 0.00366. The van der Waals surface area contributed by atoms with E-state index in [2.05, 4.69) is 10.2 Å². The van der Waals surface area contributed by atoms with Gasteiger partial charge in [0.2, 0.25) is 0 Å². The van der Waals surface area contributed by atoms with Crippen molar-refractivity contribution < 1.29 is 14.3 Å². The molecule has 1 atom stereocenters. The molecular formula is C17H26ClN3O3. The first-order valence-corrected chi connectivity index (χ1v) is 8.78. The topological polar surface area (TPSA) is 64.5 Å². The van der Waals surface area contributed by atoms with Crippen LogP contribution in [0.4, 0.5) is 4.79 Å². The van der Waals surface area contributed by atoms with E-state index in [0.29, 0.717) is 18.4 Å². The van der Waals surface area contributed by atoms with E-state index < -0.39 is 5.60 Å². The van der Waals surface area contributed by atoms with Crippen LogP contribution >= 0.6 is 11.6 Å². The van der Waals surface area contributed by atoms with Gasteiger partial charge < -0.3 is 14.4 Å². The summed E-state index contributed by atoms with van der Waals surface area (Å²) in [4.78, 5) is 14.2. The summed E-state index contributed by atoms with van der Waals surface area (Å²) in [6.07, 6.45) is 3.71. The maximum absolute atomic E-state index is 12.3. The minimum Gasteiger partial charge on any atom is -0.444 e. The van der Waals surface area contributed by atoms with Crippen LogP contribution in [0.15, 0.2) is 12.1 Å². The van der Waals surface area contributed by atoms with Crippen LogP contribution in [0.5, 0.6) is 0 Å². The van der Waals surface area contributed by atoms with Crippen LogP contribution in [0.1, 0.15) is 52.1 Å². The summed E-state index contributed by atoms with van der Waals surface area (Å²) in [6.45, 7) is 7.38. The fourth-order valence-corrected chi connectivity index (χ4v) is 2.78. The number of rotatable bonds is 5. The molecule has 1 aliphatic rings. The number of ether oxygens (including phenoxy) is 2. The molecule has 1 fully saturated rings. The lowest BCUT2D eigenvalue weighted by Gasteiger charge is -2.36. The molecule has 0 aliphatic carbocycles. The van der Waals surface area contributed by atoms with Crippen LogP contribution in [0, 0.1) is 0 Å². The number of aromatic nitrogens is 2. The maximum Gasteiger partial charge on any atom is 0.410 e. The Labute approximate surface area is 148 Å². The second-order valence-corrected chi connectivity index (χ2v) is 7.40. The Hall–Kier alpha value is -1.40. The molecule has 6 nitrogen and oxygen atoms in total. The zero-order valence-corrected chi connectivity index (χ0v) is 15.4. The Bertz CT molecular complexity index is 531. The van der Waals surface area contributed by atoms with E-state index in [1.54, 1.807) is 12.1 Å². The molecule has 0 radical (unpaired) electrons. The van der Waals surface area contributed by atoms with Crippen molar-refractivity contribution >= 4 is 17.7 Å². The predicted molar refractivity (Wildman–Crippen MR) is 91.9 cm³/mol. The first-order valence-electron chi connectivity index (χ1n) is 8.40. The number of carbonyl (C=O) groups is 1. The van der Waals surface area contributed by atoms with Gasteiger partial charge in [0, 0.05) is 19.2 Å². The number of likely N-dealkylation sites (tertiary alicyclic amines) is 1. The molecule has 0 aromatic carbocycles. The quantitative estimate of drug-likeness (QED) is 0.751. The third kappa shape index (κ3) is 6.24. The number of piperidine rings is 1. The average Bonchev–Trinajstić information content (AvgIpc) is 2.52. The standard InChI is InChI=1S/C17H26ClN3O3/c1-17(2,3)24-16(22)21-10-5-4-6-14(21)9-11-23-12-13-7-8-15(18)20-19-13/h7-8,14H,4-6,9-12H2,1-3H3/t14-/m0/s1. The molecule has 0 unspecified atom stereocenters. The van der Waals surface area contributed by atoms with Gasteiger partial charge in [0.25, 0.3) is 0 Å². The fraction of sp³-hybridized carbons (Fsp3) is 0.706. The molecule has 0 bridgehead atoms. The summed E-state index contributed by atoms with van der Waals surface area (Å²) < 4.78 is 11.2. The summed E-state index contributed by atoms with van der Waals surface area (Å²) in [5.74, 6) is 0. The van der Waals surface area contributed by atoms with Gasteiger partial charge in [-0.15, -0.1) is 5.10 Å². The highest BCUT2D eigenvalue weighted by atomic mass is 35.5.